The van der Waals surface area contributed by atoms with Crippen molar-refractivity contribution in [1.82, 2.24) is 0 Å². The van der Waals surface area contributed by atoms with Crippen LogP contribution in [0.25, 0.3) is 0 Å². The van der Waals surface area contributed by atoms with Gasteiger partial charge in [-0.25, -0.2) is 0 Å². The number of hydrogen-bond acceptors (Lipinski definition) is 0. The molecule has 0 aliphatic heterocycles. The molecular weight excluding hydrogens is 456 g/mol. The van der Waals surface area contributed by atoms with Crippen LogP contribution in [0.2, 0.25) is 0 Å². The monoisotopic (exact) mass is 535 g/mol. The first kappa shape index (κ1) is 38.0. The molecule has 0 N–H and O–H groups in total. The van der Waals surface area contributed by atoms with E-state index in [2.05, 4.69) is 27.7 Å². The molecule has 0 aromatic rings. The Morgan fingerprint density at radius 1 is 0.237 bits per heavy atom. The summed E-state index contributed by atoms with van der Waals surface area (Å²) in [7, 11) is 0. The van der Waals surface area contributed by atoms with Crippen LogP contribution in [0.1, 0.15) is 233 Å². The van der Waals surface area contributed by atoms with E-state index in [4.69, 9.17) is 0 Å². The van der Waals surface area contributed by atoms with E-state index in [-0.39, 0.29) is 0 Å². The molecule has 0 aromatic carbocycles. The Bertz CT molecular complexity index is 399. The standard InChI is InChI=1S/C38H78/c1-5-7-9-11-13-15-16-17-18-19-20-21-23-25-27-30-34-38(4)36-32-28-31-35-37(3)33-29-26-24-22-14-12-10-8-6-2/h37-38H,5-36H2,1-4H3. The normalized spacial score (nSPS) is 13.3. The van der Waals surface area contributed by atoms with Gasteiger partial charge in [0.25, 0.3) is 0 Å². The molecule has 0 fully saturated rings. The van der Waals surface area contributed by atoms with Crippen LogP contribution in [-0.4, -0.2) is 0 Å². The molecule has 0 amide bonds. The second kappa shape index (κ2) is 33.2. The summed E-state index contributed by atoms with van der Waals surface area (Å²) in [5, 5.41) is 0. The van der Waals surface area contributed by atoms with E-state index < -0.39 is 0 Å². The van der Waals surface area contributed by atoms with E-state index >= 15 is 0 Å². The minimum atomic E-state index is 0.959. The van der Waals surface area contributed by atoms with E-state index in [1.165, 1.54) is 205 Å². The Morgan fingerprint density at radius 3 is 0.605 bits per heavy atom. The van der Waals surface area contributed by atoms with Crippen molar-refractivity contribution in [2.24, 2.45) is 11.8 Å². The third-order valence-corrected chi connectivity index (χ3v) is 9.24. The highest BCUT2D eigenvalue weighted by atomic mass is 14.1. The summed E-state index contributed by atoms with van der Waals surface area (Å²) in [6.45, 7) is 9.64. The Kier molecular flexibility index (Phi) is 33.2. The van der Waals surface area contributed by atoms with E-state index in [9.17, 15) is 0 Å². The van der Waals surface area contributed by atoms with Crippen LogP contribution in [-0.2, 0) is 0 Å². The van der Waals surface area contributed by atoms with Crippen LogP contribution in [0, 0.1) is 11.8 Å². The van der Waals surface area contributed by atoms with Crippen LogP contribution >= 0.6 is 0 Å². The molecule has 0 saturated heterocycles. The molecule has 0 nitrogen and oxygen atoms in total. The molecule has 0 aliphatic rings. The molecule has 0 heterocycles. The van der Waals surface area contributed by atoms with Crippen molar-refractivity contribution in [3.05, 3.63) is 0 Å². The van der Waals surface area contributed by atoms with E-state index in [1.54, 1.807) is 0 Å². The molecule has 0 spiro atoms. The molecule has 2 unspecified atom stereocenters. The van der Waals surface area contributed by atoms with Crippen LogP contribution in [0.15, 0.2) is 0 Å². The van der Waals surface area contributed by atoms with E-state index in [0.717, 1.165) is 11.8 Å². The average molecular weight is 535 g/mol. The Labute approximate surface area is 244 Å². The minimum Gasteiger partial charge on any atom is -0.0654 e. The summed E-state index contributed by atoms with van der Waals surface area (Å²) < 4.78 is 0. The lowest BCUT2D eigenvalue weighted by atomic mass is 9.93. The van der Waals surface area contributed by atoms with Gasteiger partial charge in [0.1, 0.15) is 0 Å². The number of unbranched alkanes of at least 4 members (excludes halogenated alkanes) is 25. The van der Waals surface area contributed by atoms with Gasteiger partial charge in [0.2, 0.25) is 0 Å². The van der Waals surface area contributed by atoms with E-state index in [0.29, 0.717) is 0 Å². The summed E-state index contributed by atoms with van der Waals surface area (Å²) in [6, 6.07) is 0. The fourth-order valence-electron chi connectivity index (χ4n) is 6.30. The topological polar surface area (TPSA) is 0 Å². The zero-order valence-corrected chi connectivity index (χ0v) is 27.8. The maximum Gasteiger partial charge on any atom is -0.0443 e. The van der Waals surface area contributed by atoms with Gasteiger partial charge < -0.3 is 0 Å². The third kappa shape index (κ3) is 32.2. The van der Waals surface area contributed by atoms with Crippen molar-refractivity contribution >= 4 is 0 Å². The highest BCUT2D eigenvalue weighted by Crippen LogP contribution is 2.21. The van der Waals surface area contributed by atoms with E-state index in [1.807, 2.05) is 0 Å². The van der Waals surface area contributed by atoms with Crippen LogP contribution in [0.3, 0.4) is 0 Å². The Hall–Kier alpha value is 0. The molecular formula is C38H78. The maximum atomic E-state index is 2.51. The second-order valence-corrected chi connectivity index (χ2v) is 13.6. The largest absolute Gasteiger partial charge is 0.0654 e. The van der Waals surface area contributed by atoms with Crippen LogP contribution in [0.4, 0.5) is 0 Å². The highest BCUT2D eigenvalue weighted by molar-refractivity contribution is 4.59. The van der Waals surface area contributed by atoms with Crippen molar-refractivity contribution in [2.45, 2.75) is 233 Å². The molecule has 0 aromatic heterocycles. The zero-order valence-electron chi connectivity index (χ0n) is 27.8. The lowest BCUT2D eigenvalue weighted by Gasteiger charge is -2.13. The van der Waals surface area contributed by atoms with Gasteiger partial charge in [0.15, 0.2) is 0 Å². The lowest BCUT2D eigenvalue weighted by molar-refractivity contribution is 0.407. The molecule has 0 saturated carbocycles. The van der Waals surface area contributed by atoms with Crippen molar-refractivity contribution in [3.63, 3.8) is 0 Å². The molecule has 0 aliphatic carbocycles. The first-order chi connectivity index (χ1) is 18.7. The Morgan fingerprint density at radius 2 is 0.395 bits per heavy atom. The predicted molar refractivity (Wildman–Crippen MR) is 177 cm³/mol. The number of rotatable bonds is 33. The van der Waals surface area contributed by atoms with Gasteiger partial charge in [-0.15, -0.1) is 0 Å². The molecule has 2 atom stereocenters. The molecule has 0 rings (SSSR count). The summed E-state index contributed by atoms with van der Waals surface area (Å²) in [5.74, 6) is 1.92. The molecule has 38 heavy (non-hydrogen) atoms. The smallest absolute Gasteiger partial charge is 0.0443 e. The summed E-state index contributed by atoms with van der Waals surface area (Å²) >= 11 is 0. The first-order valence-electron chi connectivity index (χ1n) is 18.7. The molecule has 230 valence electrons. The van der Waals surface area contributed by atoms with Crippen molar-refractivity contribution in [1.29, 1.82) is 0 Å². The molecule has 0 radical (unpaired) electrons. The van der Waals surface area contributed by atoms with Gasteiger partial charge in [-0.05, 0) is 11.8 Å². The highest BCUT2D eigenvalue weighted by Gasteiger charge is 2.05. The lowest BCUT2D eigenvalue weighted by Crippen LogP contribution is -1.97. The summed E-state index contributed by atoms with van der Waals surface area (Å²) in [6.07, 6.45) is 47.1. The second-order valence-electron chi connectivity index (χ2n) is 13.6. The predicted octanol–water partition coefficient (Wildman–Crippen LogP) is 14.8. The van der Waals surface area contributed by atoms with Gasteiger partial charge >= 0.3 is 0 Å². The maximum absolute atomic E-state index is 2.51. The van der Waals surface area contributed by atoms with Gasteiger partial charge in [0, 0.05) is 0 Å². The average Bonchev–Trinajstić information content (AvgIpc) is 2.91. The minimum absolute atomic E-state index is 0.959. The van der Waals surface area contributed by atoms with Crippen LogP contribution < -0.4 is 0 Å². The molecule has 0 bridgehead atoms. The van der Waals surface area contributed by atoms with Crippen molar-refractivity contribution < 1.29 is 0 Å². The van der Waals surface area contributed by atoms with Gasteiger partial charge in [-0.1, -0.05) is 233 Å². The SMILES string of the molecule is CCCCCCCCCCCCCCCCCCC(C)CCCCCC(C)CCCCCCCCCCC. The summed E-state index contributed by atoms with van der Waals surface area (Å²) in [4.78, 5) is 0. The van der Waals surface area contributed by atoms with Crippen molar-refractivity contribution in [3.8, 4) is 0 Å². The number of hydrogen-bond donors (Lipinski definition) is 0. The summed E-state index contributed by atoms with van der Waals surface area (Å²) in [5.41, 5.74) is 0. The van der Waals surface area contributed by atoms with Crippen LogP contribution in [0.5, 0.6) is 0 Å². The van der Waals surface area contributed by atoms with Gasteiger partial charge in [-0.2, -0.15) is 0 Å². The zero-order chi connectivity index (χ0) is 27.8. The Balaban J connectivity index is 3.24. The van der Waals surface area contributed by atoms with Crippen molar-refractivity contribution in [2.75, 3.05) is 0 Å². The fraction of sp³-hybridized carbons (Fsp3) is 1.00. The first-order valence-corrected chi connectivity index (χ1v) is 18.7. The fourth-order valence-corrected chi connectivity index (χ4v) is 6.30. The quantitative estimate of drug-likeness (QED) is 0.0734. The third-order valence-electron chi connectivity index (χ3n) is 9.24. The van der Waals surface area contributed by atoms with Gasteiger partial charge in [0.05, 0.1) is 0 Å². The molecule has 0 heteroatoms. The van der Waals surface area contributed by atoms with Gasteiger partial charge in [-0.3, -0.25) is 0 Å².